The Kier molecular flexibility index (Phi) is 6.03. The first-order valence-corrected chi connectivity index (χ1v) is 10.5. The summed E-state index contributed by atoms with van der Waals surface area (Å²) in [5.74, 6) is -0.634. The van der Waals surface area contributed by atoms with E-state index in [9.17, 15) is 14.4 Å². The average molecular weight is 415 g/mol. The molecule has 0 aliphatic carbocycles. The van der Waals surface area contributed by atoms with Gasteiger partial charge >= 0.3 is 5.69 Å². The molecule has 1 aromatic carbocycles. The lowest BCUT2D eigenvalue weighted by Gasteiger charge is -2.32. The summed E-state index contributed by atoms with van der Waals surface area (Å²) in [4.78, 5) is 39.9. The van der Waals surface area contributed by atoms with Crippen molar-refractivity contribution in [3.8, 4) is 0 Å². The quantitative estimate of drug-likeness (QED) is 0.619. The van der Waals surface area contributed by atoms with E-state index in [4.69, 9.17) is 10.5 Å². The van der Waals surface area contributed by atoms with Crippen molar-refractivity contribution < 1.29 is 14.3 Å². The number of imidazole rings is 1. The van der Waals surface area contributed by atoms with Gasteiger partial charge in [0.2, 0.25) is 0 Å². The first-order valence-electron chi connectivity index (χ1n) is 10.5. The number of carbonyl (C=O) groups excluding carboxylic acids is 2. The molecule has 0 saturated carbocycles. The van der Waals surface area contributed by atoms with Crippen LogP contribution in [0.2, 0.25) is 0 Å². The number of fused-ring (bicyclic) bond motifs is 1. The summed E-state index contributed by atoms with van der Waals surface area (Å²) < 4.78 is 8.45. The third kappa shape index (κ3) is 3.92. The van der Waals surface area contributed by atoms with Crippen LogP contribution < -0.4 is 16.7 Å². The Labute approximate surface area is 174 Å². The number of rotatable bonds is 6. The predicted molar refractivity (Wildman–Crippen MR) is 112 cm³/mol. The molecule has 3 heterocycles. The van der Waals surface area contributed by atoms with Crippen LogP contribution in [0, 0.1) is 0 Å². The molecule has 2 fully saturated rings. The molecule has 4 rings (SSSR count). The van der Waals surface area contributed by atoms with E-state index in [0.29, 0.717) is 18.6 Å². The molecule has 1 amide bonds. The maximum absolute atomic E-state index is 12.8. The second-order valence-corrected chi connectivity index (χ2v) is 8.08. The second-order valence-electron chi connectivity index (χ2n) is 8.08. The van der Waals surface area contributed by atoms with Gasteiger partial charge in [0.25, 0.3) is 5.91 Å². The molecule has 9 heteroatoms. The zero-order chi connectivity index (χ0) is 21.3. The van der Waals surface area contributed by atoms with Crippen molar-refractivity contribution in [2.24, 2.45) is 12.8 Å². The number of aromatic nitrogens is 2. The first-order chi connectivity index (χ1) is 14.5. The van der Waals surface area contributed by atoms with Gasteiger partial charge < -0.3 is 15.8 Å². The number of nitrogens with one attached hydrogen (secondary N) is 1. The Morgan fingerprint density at radius 1 is 1.23 bits per heavy atom. The number of ketones is 1. The van der Waals surface area contributed by atoms with Crippen LogP contribution in [0.3, 0.4) is 0 Å². The van der Waals surface area contributed by atoms with E-state index in [0.717, 1.165) is 50.2 Å². The molecule has 0 bridgehead atoms. The van der Waals surface area contributed by atoms with Crippen LogP contribution in [-0.4, -0.2) is 71.2 Å². The number of hydrogen-bond donors (Lipinski definition) is 2. The molecule has 3 N–H and O–H groups in total. The number of amides is 1. The van der Waals surface area contributed by atoms with Crippen LogP contribution in [0.4, 0.5) is 0 Å². The van der Waals surface area contributed by atoms with Gasteiger partial charge in [-0.15, -0.1) is 0 Å². The van der Waals surface area contributed by atoms with Crippen molar-refractivity contribution in [1.29, 1.82) is 0 Å². The highest BCUT2D eigenvalue weighted by atomic mass is 16.5. The highest BCUT2D eigenvalue weighted by Crippen LogP contribution is 2.22. The van der Waals surface area contributed by atoms with Gasteiger partial charge in [0.05, 0.1) is 23.7 Å². The molecule has 30 heavy (non-hydrogen) atoms. The molecule has 2 aromatic rings. The number of carbonyl (C=O) groups is 2. The minimum Gasteiger partial charge on any atom is -0.374 e. The molecule has 2 saturated heterocycles. The fourth-order valence-corrected chi connectivity index (χ4v) is 4.40. The molecule has 9 nitrogen and oxygen atoms in total. The monoisotopic (exact) mass is 415 g/mol. The summed E-state index contributed by atoms with van der Waals surface area (Å²) in [5, 5.41) is 2.69. The number of Topliss-reactive ketones (excluding diaryl/α,β-unsaturated/α-hetero) is 1. The Morgan fingerprint density at radius 3 is 2.83 bits per heavy atom. The van der Waals surface area contributed by atoms with Gasteiger partial charge in [-0.25, -0.2) is 4.79 Å². The molecule has 162 valence electrons. The fourth-order valence-electron chi connectivity index (χ4n) is 4.40. The van der Waals surface area contributed by atoms with Crippen LogP contribution in [0.15, 0.2) is 23.0 Å². The lowest BCUT2D eigenvalue weighted by atomic mass is 10.0. The molecule has 1 aromatic heterocycles. The van der Waals surface area contributed by atoms with Crippen molar-refractivity contribution in [1.82, 2.24) is 19.4 Å². The lowest BCUT2D eigenvalue weighted by Crippen LogP contribution is -2.46. The zero-order valence-electron chi connectivity index (χ0n) is 17.3. The molecule has 2 aliphatic rings. The summed E-state index contributed by atoms with van der Waals surface area (Å²) in [5.41, 5.74) is 7.83. The van der Waals surface area contributed by atoms with E-state index in [1.165, 1.54) is 9.13 Å². The van der Waals surface area contributed by atoms with Crippen molar-refractivity contribution >= 4 is 22.7 Å². The third-order valence-electron chi connectivity index (χ3n) is 6.06. The largest absolute Gasteiger partial charge is 0.374 e. The van der Waals surface area contributed by atoms with Crippen molar-refractivity contribution in [3.05, 3.63) is 34.2 Å². The maximum atomic E-state index is 12.8. The summed E-state index contributed by atoms with van der Waals surface area (Å²) in [7, 11) is 1.68. The van der Waals surface area contributed by atoms with Crippen LogP contribution in [0.1, 0.15) is 24.4 Å². The first kappa shape index (κ1) is 20.8. The average Bonchev–Trinajstić information content (AvgIpc) is 2.99. The third-order valence-corrected chi connectivity index (χ3v) is 6.06. The van der Waals surface area contributed by atoms with Crippen LogP contribution in [0.5, 0.6) is 0 Å². The number of aryl methyl sites for hydroxylation is 2. The van der Waals surface area contributed by atoms with Gasteiger partial charge in [0, 0.05) is 39.6 Å². The lowest BCUT2D eigenvalue weighted by molar-refractivity contribution is -0.135. The van der Waals surface area contributed by atoms with Gasteiger partial charge in [0.1, 0.15) is 0 Å². The van der Waals surface area contributed by atoms with Crippen molar-refractivity contribution in [2.75, 3.05) is 39.3 Å². The molecular weight excluding hydrogens is 386 g/mol. The van der Waals surface area contributed by atoms with Gasteiger partial charge in [-0.2, -0.15) is 0 Å². The molecule has 0 radical (unpaired) electrons. The molecule has 2 atom stereocenters. The van der Waals surface area contributed by atoms with E-state index in [1.807, 2.05) is 18.2 Å². The van der Waals surface area contributed by atoms with Gasteiger partial charge in [-0.3, -0.25) is 23.6 Å². The number of nitrogens with two attached hydrogens (primary N) is 1. The molecule has 2 aliphatic heterocycles. The smallest absolute Gasteiger partial charge is 0.329 e. The Hall–Kier alpha value is -2.49. The number of piperidine rings is 1. The van der Waals surface area contributed by atoms with Gasteiger partial charge in [-0.05, 0) is 37.1 Å². The molecular formula is C21H29N5O4. The van der Waals surface area contributed by atoms with E-state index in [1.54, 1.807) is 7.05 Å². The SMILES string of the molecule is Cn1c(=O)n(C2C(=O)CCNC2=O)c2ccc(CCCN3CCO[C@@H](CN)C3)cc21. The number of nitrogens with zero attached hydrogens (tertiary/aromatic N) is 3. The number of hydrogen-bond acceptors (Lipinski definition) is 6. The minimum absolute atomic E-state index is 0.115. The Morgan fingerprint density at radius 2 is 2.07 bits per heavy atom. The van der Waals surface area contributed by atoms with Crippen LogP contribution in [-0.2, 0) is 27.8 Å². The summed E-state index contributed by atoms with van der Waals surface area (Å²) in [6.07, 6.45) is 2.22. The topological polar surface area (TPSA) is 112 Å². The van der Waals surface area contributed by atoms with E-state index < -0.39 is 11.9 Å². The minimum atomic E-state index is -1.09. The number of benzene rings is 1. The van der Waals surface area contributed by atoms with Gasteiger partial charge in [0.15, 0.2) is 11.8 Å². The van der Waals surface area contributed by atoms with E-state index >= 15 is 0 Å². The van der Waals surface area contributed by atoms with Crippen molar-refractivity contribution in [3.63, 3.8) is 0 Å². The van der Waals surface area contributed by atoms with Crippen LogP contribution in [0.25, 0.3) is 11.0 Å². The normalized spacial score (nSPS) is 23.1. The van der Waals surface area contributed by atoms with Crippen LogP contribution >= 0.6 is 0 Å². The predicted octanol–water partition coefficient (Wildman–Crippen LogP) is -0.438. The standard InChI is InChI=1S/C21H29N5O4/c1-24-17-11-14(3-2-8-25-9-10-30-15(12-22)13-25)4-5-16(17)26(21(24)29)19-18(27)6-7-23-20(19)28/h4-5,11,15,19H,2-3,6-10,12-13,22H2,1H3,(H,23,28)/t15-,19?/m0/s1. The summed E-state index contributed by atoms with van der Waals surface area (Å²) in [6.45, 7) is 4.34. The fraction of sp³-hybridized carbons (Fsp3) is 0.571. The second kappa shape index (κ2) is 8.71. The Balaban J connectivity index is 1.51. The summed E-state index contributed by atoms with van der Waals surface area (Å²) in [6, 6.07) is 4.73. The highest BCUT2D eigenvalue weighted by molar-refractivity contribution is 6.06. The van der Waals surface area contributed by atoms with E-state index in [-0.39, 0.29) is 24.0 Å². The Bertz CT molecular complexity index is 995. The van der Waals surface area contributed by atoms with Gasteiger partial charge in [-0.1, -0.05) is 6.07 Å². The highest BCUT2D eigenvalue weighted by Gasteiger charge is 2.34. The molecule has 0 spiro atoms. The molecule has 1 unspecified atom stereocenters. The van der Waals surface area contributed by atoms with E-state index in [2.05, 4.69) is 10.2 Å². The number of ether oxygens (including phenoxy) is 1. The summed E-state index contributed by atoms with van der Waals surface area (Å²) >= 11 is 0. The number of morpholine rings is 1. The van der Waals surface area contributed by atoms with Crippen molar-refractivity contribution in [2.45, 2.75) is 31.4 Å². The maximum Gasteiger partial charge on any atom is 0.329 e. The zero-order valence-corrected chi connectivity index (χ0v) is 17.3.